The summed E-state index contributed by atoms with van der Waals surface area (Å²) in [6.45, 7) is 4.32. The maximum atomic E-state index is 12.7. The van der Waals surface area contributed by atoms with Crippen molar-refractivity contribution in [2.75, 3.05) is 47.5 Å². The molecule has 0 radical (unpaired) electrons. The minimum atomic E-state index is -4.39. The fourth-order valence-electron chi connectivity index (χ4n) is 9.15. The molecular weight excluding hydrogens is 930 g/mol. The van der Waals surface area contributed by atoms with Crippen LogP contribution >= 0.6 is 7.82 Å². The summed E-state index contributed by atoms with van der Waals surface area (Å²) < 4.78 is 34.5. The fourth-order valence-corrected chi connectivity index (χ4v) is 9.89. The van der Waals surface area contributed by atoms with Crippen LogP contribution in [0.4, 0.5) is 0 Å². The van der Waals surface area contributed by atoms with E-state index < -0.39 is 26.5 Å². The fraction of sp³-hybridized carbons (Fsp3) is 0.873. The number of esters is 2. The molecule has 0 aromatic carbocycles. The number of phosphoric ester groups is 1. The minimum absolute atomic E-state index is 0.0268. The van der Waals surface area contributed by atoms with Gasteiger partial charge in [0.05, 0.1) is 27.7 Å². The maximum Gasteiger partial charge on any atom is 0.472 e. The molecule has 0 saturated heterocycles. The van der Waals surface area contributed by atoms with Crippen LogP contribution in [-0.4, -0.2) is 74.9 Å². The number of ether oxygens (including phenoxy) is 2. The van der Waals surface area contributed by atoms with E-state index in [4.69, 9.17) is 18.5 Å². The number of nitrogens with zero attached hydrogens (tertiary/aromatic N) is 1. The van der Waals surface area contributed by atoms with Crippen LogP contribution in [0.1, 0.15) is 303 Å². The van der Waals surface area contributed by atoms with Crippen LogP contribution in [0.2, 0.25) is 0 Å². The Bertz CT molecular complexity index is 1330. The van der Waals surface area contributed by atoms with Gasteiger partial charge in [0, 0.05) is 12.8 Å². The van der Waals surface area contributed by atoms with Gasteiger partial charge in [-0.2, -0.15) is 0 Å². The minimum Gasteiger partial charge on any atom is -0.462 e. The number of quaternary nitrogens is 1. The number of likely N-dealkylation sites (N-methyl/N-ethyl adjacent to an activating group) is 1. The van der Waals surface area contributed by atoms with Gasteiger partial charge >= 0.3 is 19.8 Å². The summed E-state index contributed by atoms with van der Waals surface area (Å²) in [6.07, 6.45) is 68.5. The molecule has 0 aliphatic carbocycles. The van der Waals surface area contributed by atoms with Gasteiger partial charge in [-0.15, -0.1) is 0 Å². The summed E-state index contributed by atoms with van der Waals surface area (Å²) in [5, 5.41) is 0. The predicted molar refractivity (Wildman–Crippen MR) is 312 cm³/mol. The van der Waals surface area contributed by atoms with Crippen LogP contribution in [0.25, 0.3) is 0 Å². The Kier molecular flexibility index (Phi) is 53.7. The zero-order valence-electron chi connectivity index (χ0n) is 48.9. The van der Waals surface area contributed by atoms with Gasteiger partial charge in [-0.1, -0.05) is 281 Å². The molecule has 2 atom stereocenters. The first-order chi connectivity index (χ1) is 35.5. The monoisotopic (exact) mass is 1050 g/mol. The SMILES string of the molecule is CC/C=C\C/C=C\C/C=C\CCCCCC(=O)OC(COC(=O)CCCCCCCCCCCCCCCCCCCCCCCCCCCCCCCCCCCCCC)COP(=O)(O)OCC[N+](C)(C)C. The highest BCUT2D eigenvalue weighted by Crippen LogP contribution is 2.43. The van der Waals surface area contributed by atoms with Crippen molar-refractivity contribution in [3.8, 4) is 0 Å². The first kappa shape index (κ1) is 71.2. The summed E-state index contributed by atoms with van der Waals surface area (Å²) in [5.41, 5.74) is 0. The van der Waals surface area contributed by atoms with Gasteiger partial charge < -0.3 is 18.9 Å². The number of allylic oxidation sites excluding steroid dienone is 6. The summed E-state index contributed by atoms with van der Waals surface area (Å²) in [7, 11) is 1.47. The summed E-state index contributed by atoms with van der Waals surface area (Å²) in [4.78, 5) is 35.6. The average Bonchev–Trinajstić information content (AvgIpc) is 3.35. The molecule has 430 valence electrons. The molecule has 1 N–H and O–H groups in total. The van der Waals surface area contributed by atoms with E-state index in [0.717, 1.165) is 57.8 Å². The Balaban J connectivity index is 3.87. The number of carbonyl (C=O) groups excluding carboxylic acids is 2. The zero-order valence-corrected chi connectivity index (χ0v) is 49.8. The maximum absolute atomic E-state index is 12.7. The van der Waals surface area contributed by atoms with Crippen molar-refractivity contribution in [1.29, 1.82) is 0 Å². The lowest BCUT2D eigenvalue weighted by Gasteiger charge is -2.24. The summed E-state index contributed by atoms with van der Waals surface area (Å²) in [5.74, 6) is -0.821. The van der Waals surface area contributed by atoms with Gasteiger partial charge in [0.25, 0.3) is 0 Å². The number of rotatable bonds is 58. The Hall–Kier alpha value is -1.77. The van der Waals surface area contributed by atoms with Gasteiger partial charge in [0.15, 0.2) is 6.10 Å². The molecule has 73 heavy (non-hydrogen) atoms. The molecule has 0 spiro atoms. The first-order valence-electron chi connectivity index (χ1n) is 31.2. The van der Waals surface area contributed by atoms with Crippen LogP contribution in [-0.2, 0) is 32.7 Å². The first-order valence-corrected chi connectivity index (χ1v) is 32.7. The molecule has 2 unspecified atom stereocenters. The molecule has 0 rings (SSSR count). The Morgan fingerprint density at radius 2 is 0.781 bits per heavy atom. The molecule has 0 amide bonds. The van der Waals surface area contributed by atoms with Gasteiger partial charge in [-0.3, -0.25) is 18.6 Å². The molecule has 0 fully saturated rings. The number of carbonyl (C=O) groups is 2. The normalized spacial score (nSPS) is 13.5. The largest absolute Gasteiger partial charge is 0.472 e. The summed E-state index contributed by atoms with van der Waals surface area (Å²) in [6, 6.07) is 0. The third-order valence-electron chi connectivity index (χ3n) is 13.9. The van der Waals surface area contributed by atoms with E-state index in [1.54, 1.807) is 0 Å². The third kappa shape index (κ3) is 59.3. The number of hydrogen-bond acceptors (Lipinski definition) is 7. The van der Waals surface area contributed by atoms with Crippen molar-refractivity contribution in [2.45, 2.75) is 309 Å². The van der Waals surface area contributed by atoms with Crippen LogP contribution in [0.3, 0.4) is 0 Å². The Morgan fingerprint density at radius 1 is 0.438 bits per heavy atom. The summed E-state index contributed by atoms with van der Waals surface area (Å²) >= 11 is 0. The van der Waals surface area contributed by atoms with Crippen LogP contribution in [0, 0.1) is 0 Å². The van der Waals surface area contributed by atoms with E-state index >= 15 is 0 Å². The Morgan fingerprint density at radius 3 is 1.16 bits per heavy atom. The second-order valence-electron chi connectivity index (χ2n) is 22.4. The highest BCUT2D eigenvalue weighted by atomic mass is 31.2. The molecule has 0 bridgehead atoms. The van der Waals surface area contributed by atoms with Gasteiger partial charge in [-0.05, 0) is 44.9 Å². The highest BCUT2D eigenvalue weighted by Gasteiger charge is 2.27. The molecule has 10 heteroatoms. The van der Waals surface area contributed by atoms with Gasteiger partial charge in [0.1, 0.15) is 19.8 Å². The van der Waals surface area contributed by atoms with Crippen LogP contribution < -0.4 is 0 Å². The number of unbranched alkanes of at least 4 members (excludes halogenated alkanes) is 38. The molecule has 9 nitrogen and oxygen atoms in total. The van der Waals surface area contributed by atoms with Crippen molar-refractivity contribution < 1.29 is 42.1 Å². The lowest BCUT2D eigenvalue weighted by molar-refractivity contribution is -0.870. The van der Waals surface area contributed by atoms with E-state index in [-0.39, 0.29) is 32.0 Å². The number of phosphoric acid groups is 1. The smallest absolute Gasteiger partial charge is 0.462 e. The zero-order chi connectivity index (χ0) is 53.5. The van der Waals surface area contributed by atoms with Crippen molar-refractivity contribution in [1.82, 2.24) is 0 Å². The van der Waals surface area contributed by atoms with Crippen LogP contribution in [0.5, 0.6) is 0 Å². The number of hydrogen-bond donors (Lipinski definition) is 1. The van der Waals surface area contributed by atoms with E-state index in [0.29, 0.717) is 17.4 Å². The second-order valence-corrected chi connectivity index (χ2v) is 23.9. The highest BCUT2D eigenvalue weighted by molar-refractivity contribution is 7.47. The Labute approximate surface area is 452 Å². The molecule has 0 aliphatic rings. The predicted octanol–water partition coefficient (Wildman–Crippen LogP) is 19.5. The quantitative estimate of drug-likeness (QED) is 0.0211. The van der Waals surface area contributed by atoms with Gasteiger partial charge in [-0.25, -0.2) is 4.57 Å². The molecule has 0 aromatic rings. The van der Waals surface area contributed by atoms with E-state index in [2.05, 4.69) is 50.3 Å². The average molecular weight is 1050 g/mol. The molecule has 0 heterocycles. The van der Waals surface area contributed by atoms with Crippen LogP contribution in [0.15, 0.2) is 36.5 Å². The standard InChI is InChI=1S/C63H120NO8P/c1-6-8-10-12-14-16-18-20-21-22-23-24-25-26-27-28-29-30-31-32-33-34-35-36-37-38-39-40-41-42-44-45-47-49-51-53-55-62(65)69-59-61(60-71-73(67,68)70-58-57-64(3,4)5)72-63(66)56-54-52-50-48-46-43-19-17-15-13-11-9-7-2/h9,11,15,17,43,46,61H,6-8,10,12-14,16,18-42,44-45,47-60H2,1-5H3/p+1/b11-9-,17-15-,46-43-. The molecule has 0 aliphatic heterocycles. The van der Waals surface area contributed by atoms with E-state index in [1.807, 2.05) is 21.1 Å². The lowest BCUT2D eigenvalue weighted by atomic mass is 10.0. The molecule has 0 aromatic heterocycles. The molecular formula is C63H121NO8P+. The van der Waals surface area contributed by atoms with E-state index in [9.17, 15) is 19.0 Å². The van der Waals surface area contributed by atoms with Gasteiger partial charge in [0.2, 0.25) is 0 Å². The second kappa shape index (κ2) is 55.0. The van der Waals surface area contributed by atoms with Crippen molar-refractivity contribution in [3.05, 3.63) is 36.5 Å². The van der Waals surface area contributed by atoms with Crippen molar-refractivity contribution in [2.24, 2.45) is 0 Å². The molecule has 0 saturated carbocycles. The van der Waals surface area contributed by atoms with Crippen molar-refractivity contribution >= 4 is 19.8 Å². The lowest BCUT2D eigenvalue weighted by Crippen LogP contribution is -2.37. The van der Waals surface area contributed by atoms with Crippen molar-refractivity contribution in [3.63, 3.8) is 0 Å². The third-order valence-corrected chi connectivity index (χ3v) is 14.9. The topological polar surface area (TPSA) is 108 Å². The van der Waals surface area contributed by atoms with E-state index in [1.165, 1.54) is 212 Å².